The number of aromatic carboxylic acids is 1. The maximum atomic E-state index is 10.9. The molecule has 4 heteroatoms. The van der Waals surface area contributed by atoms with E-state index in [0.29, 0.717) is 6.61 Å². The summed E-state index contributed by atoms with van der Waals surface area (Å²) in [4.78, 5) is 12.0. The maximum absolute atomic E-state index is 10.9. The zero-order chi connectivity index (χ0) is 13.7. The third-order valence-electron chi connectivity index (χ3n) is 2.64. The first-order valence-corrected chi connectivity index (χ1v) is 7.00. The van der Waals surface area contributed by atoms with E-state index in [4.69, 9.17) is 9.84 Å². The lowest BCUT2D eigenvalue weighted by molar-refractivity contribution is 0.0696. The summed E-state index contributed by atoms with van der Waals surface area (Å²) in [5.41, 5.74) is 1.12. The van der Waals surface area contributed by atoms with Crippen molar-refractivity contribution in [3.05, 3.63) is 59.7 Å². The summed E-state index contributed by atoms with van der Waals surface area (Å²) in [6.07, 6.45) is 2.02. The van der Waals surface area contributed by atoms with Crippen LogP contribution in [0.15, 0.2) is 53.4 Å². The lowest BCUT2D eigenvalue weighted by atomic mass is 10.1. The van der Waals surface area contributed by atoms with Crippen LogP contribution in [0.2, 0.25) is 0 Å². The van der Waals surface area contributed by atoms with Crippen molar-refractivity contribution in [2.45, 2.75) is 11.5 Å². The van der Waals surface area contributed by atoms with Crippen LogP contribution in [0.3, 0.4) is 0 Å². The zero-order valence-electron chi connectivity index (χ0n) is 10.5. The Kier molecular flexibility index (Phi) is 4.47. The van der Waals surface area contributed by atoms with Gasteiger partial charge in [0.05, 0.1) is 5.56 Å². The van der Waals surface area contributed by atoms with E-state index in [9.17, 15) is 4.79 Å². The highest BCUT2D eigenvalue weighted by Crippen LogP contribution is 2.20. The van der Waals surface area contributed by atoms with Crippen LogP contribution in [0.1, 0.15) is 15.9 Å². The van der Waals surface area contributed by atoms with Gasteiger partial charge in [0.15, 0.2) is 0 Å². The van der Waals surface area contributed by atoms with Crippen molar-refractivity contribution in [3.8, 4) is 5.75 Å². The Morgan fingerprint density at radius 2 is 1.95 bits per heavy atom. The van der Waals surface area contributed by atoms with Crippen LogP contribution in [-0.2, 0) is 6.61 Å². The second-order valence-corrected chi connectivity index (χ2v) is 4.85. The Balaban J connectivity index is 2.01. The standard InChI is InChI=1S/C15H14O3S/c1-19-14-7-5-13(6-8-14)18-10-11-3-2-4-12(9-11)15(16)17/h2-9H,10H2,1H3,(H,16,17). The predicted octanol–water partition coefficient (Wildman–Crippen LogP) is 3.69. The first-order chi connectivity index (χ1) is 9.19. The fraction of sp³-hybridized carbons (Fsp3) is 0.133. The van der Waals surface area contributed by atoms with Gasteiger partial charge < -0.3 is 9.84 Å². The highest BCUT2D eigenvalue weighted by molar-refractivity contribution is 7.98. The van der Waals surface area contributed by atoms with Crippen molar-refractivity contribution in [3.63, 3.8) is 0 Å². The number of carboxylic acid groups (broad SMARTS) is 1. The Hall–Kier alpha value is -1.94. The van der Waals surface area contributed by atoms with Crippen LogP contribution in [0.5, 0.6) is 5.75 Å². The van der Waals surface area contributed by atoms with Crippen LogP contribution in [-0.4, -0.2) is 17.3 Å². The average Bonchev–Trinajstić information content (AvgIpc) is 2.46. The molecule has 98 valence electrons. The molecule has 0 aliphatic carbocycles. The second-order valence-electron chi connectivity index (χ2n) is 3.97. The number of ether oxygens (including phenoxy) is 1. The third kappa shape index (κ3) is 3.76. The average molecular weight is 274 g/mol. The number of rotatable bonds is 5. The molecule has 0 saturated carbocycles. The molecule has 0 saturated heterocycles. The molecule has 0 spiro atoms. The minimum atomic E-state index is -0.925. The summed E-state index contributed by atoms with van der Waals surface area (Å²) in [6, 6.07) is 14.6. The van der Waals surface area contributed by atoms with Gasteiger partial charge in [-0.05, 0) is 48.2 Å². The van der Waals surface area contributed by atoms with Crippen molar-refractivity contribution in [2.24, 2.45) is 0 Å². The molecular formula is C15H14O3S. The summed E-state index contributed by atoms with van der Waals surface area (Å²) < 4.78 is 5.62. The Bertz CT molecular complexity index is 564. The summed E-state index contributed by atoms with van der Waals surface area (Å²) in [5, 5.41) is 8.91. The molecule has 3 nitrogen and oxygen atoms in total. The molecule has 0 fully saturated rings. The van der Waals surface area contributed by atoms with Crippen LogP contribution in [0.4, 0.5) is 0 Å². The van der Waals surface area contributed by atoms with Gasteiger partial charge in [-0.15, -0.1) is 11.8 Å². The number of carbonyl (C=O) groups is 1. The van der Waals surface area contributed by atoms with Gasteiger partial charge in [0.1, 0.15) is 12.4 Å². The molecule has 0 aliphatic rings. The maximum Gasteiger partial charge on any atom is 0.335 e. The van der Waals surface area contributed by atoms with E-state index < -0.39 is 5.97 Å². The number of carboxylic acids is 1. The topological polar surface area (TPSA) is 46.5 Å². The summed E-state index contributed by atoms with van der Waals surface area (Å²) in [6.45, 7) is 0.361. The Morgan fingerprint density at radius 3 is 2.58 bits per heavy atom. The normalized spacial score (nSPS) is 10.2. The van der Waals surface area contributed by atoms with Crippen molar-refractivity contribution in [1.29, 1.82) is 0 Å². The van der Waals surface area contributed by atoms with Crippen molar-refractivity contribution in [2.75, 3.05) is 6.26 Å². The first-order valence-electron chi connectivity index (χ1n) is 5.78. The molecular weight excluding hydrogens is 260 g/mol. The van der Waals surface area contributed by atoms with Crippen LogP contribution >= 0.6 is 11.8 Å². The van der Waals surface area contributed by atoms with E-state index in [0.717, 1.165) is 11.3 Å². The largest absolute Gasteiger partial charge is 0.489 e. The van der Waals surface area contributed by atoms with E-state index in [-0.39, 0.29) is 5.56 Å². The van der Waals surface area contributed by atoms with E-state index in [1.807, 2.05) is 36.6 Å². The lowest BCUT2D eigenvalue weighted by Crippen LogP contribution is -2.00. The van der Waals surface area contributed by atoms with Gasteiger partial charge in [0.2, 0.25) is 0 Å². The SMILES string of the molecule is CSc1ccc(OCc2cccc(C(=O)O)c2)cc1. The number of hydrogen-bond donors (Lipinski definition) is 1. The van der Waals surface area contributed by atoms with Crippen LogP contribution in [0.25, 0.3) is 0 Å². The molecule has 19 heavy (non-hydrogen) atoms. The Morgan fingerprint density at radius 1 is 1.21 bits per heavy atom. The molecule has 0 unspecified atom stereocenters. The fourth-order valence-electron chi connectivity index (χ4n) is 1.63. The zero-order valence-corrected chi connectivity index (χ0v) is 11.3. The van der Waals surface area contributed by atoms with E-state index >= 15 is 0 Å². The highest BCUT2D eigenvalue weighted by atomic mass is 32.2. The molecule has 0 bridgehead atoms. The van der Waals surface area contributed by atoms with Crippen LogP contribution < -0.4 is 4.74 Å². The lowest BCUT2D eigenvalue weighted by Gasteiger charge is -2.07. The monoisotopic (exact) mass is 274 g/mol. The minimum Gasteiger partial charge on any atom is -0.489 e. The second kappa shape index (κ2) is 6.29. The molecule has 0 aromatic heterocycles. The molecule has 1 N–H and O–H groups in total. The van der Waals surface area contributed by atoms with E-state index in [2.05, 4.69) is 0 Å². The van der Waals surface area contributed by atoms with E-state index in [1.54, 1.807) is 30.0 Å². The summed E-state index contributed by atoms with van der Waals surface area (Å²) in [7, 11) is 0. The molecule has 2 aromatic carbocycles. The van der Waals surface area contributed by atoms with Gasteiger partial charge in [0.25, 0.3) is 0 Å². The van der Waals surface area contributed by atoms with Crippen molar-refractivity contribution < 1.29 is 14.6 Å². The van der Waals surface area contributed by atoms with E-state index in [1.165, 1.54) is 4.90 Å². The van der Waals surface area contributed by atoms with Crippen molar-refractivity contribution in [1.82, 2.24) is 0 Å². The van der Waals surface area contributed by atoms with Gasteiger partial charge in [-0.25, -0.2) is 4.79 Å². The molecule has 2 aromatic rings. The van der Waals surface area contributed by atoms with Crippen LogP contribution in [0, 0.1) is 0 Å². The molecule has 0 aliphatic heterocycles. The van der Waals surface area contributed by atoms with Gasteiger partial charge in [-0.2, -0.15) is 0 Å². The predicted molar refractivity (Wildman–Crippen MR) is 76.0 cm³/mol. The molecule has 0 amide bonds. The molecule has 0 heterocycles. The summed E-state index contributed by atoms with van der Waals surface area (Å²) >= 11 is 1.68. The first kappa shape index (κ1) is 13.5. The van der Waals surface area contributed by atoms with Gasteiger partial charge in [-0.1, -0.05) is 12.1 Å². The smallest absolute Gasteiger partial charge is 0.335 e. The molecule has 0 radical (unpaired) electrons. The third-order valence-corrected chi connectivity index (χ3v) is 3.38. The number of thioether (sulfide) groups is 1. The Labute approximate surface area is 116 Å². The highest BCUT2D eigenvalue weighted by Gasteiger charge is 2.03. The minimum absolute atomic E-state index is 0.277. The quantitative estimate of drug-likeness (QED) is 0.845. The van der Waals surface area contributed by atoms with Gasteiger partial charge in [0, 0.05) is 4.90 Å². The summed E-state index contributed by atoms with van der Waals surface area (Å²) in [5.74, 6) is -0.148. The van der Waals surface area contributed by atoms with Gasteiger partial charge >= 0.3 is 5.97 Å². The fourth-order valence-corrected chi connectivity index (χ4v) is 2.04. The molecule has 0 atom stereocenters. The van der Waals surface area contributed by atoms with Gasteiger partial charge in [-0.3, -0.25) is 0 Å². The molecule has 2 rings (SSSR count). The number of benzene rings is 2. The van der Waals surface area contributed by atoms with Crippen molar-refractivity contribution >= 4 is 17.7 Å². The number of hydrogen-bond acceptors (Lipinski definition) is 3.